The van der Waals surface area contributed by atoms with Gasteiger partial charge in [-0.1, -0.05) is 5.16 Å². The Hall–Kier alpha value is -4.24. The number of phenols is 1. The van der Waals surface area contributed by atoms with Gasteiger partial charge in [0.15, 0.2) is 5.58 Å². The Bertz CT molecular complexity index is 1380. The molecule has 0 unspecified atom stereocenters. The van der Waals surface area contributed by atoms with Crippen molar-refractivity contribution in [3.63, 3.8) is 0 Å². The molecule has 9 heteroatoms. The first-order valence-corrected chi connectivity index (χ1v) is 12.7. The zero-order chi connectivity index (χ0) is 26.5. The van der Waals surface area contributed by atoms with E-state index in [9.17, 15) is 9.90 Å². The molecule has 1 aromatic heterocycles. The Balaban J connectivity index is 1.22. The molecule has 1 aliphatic heterocycles. The normalized spacial score (nSPS) is 14.0. The van der Waals surface area contributed by atoms with Crippen LogP contribution in [0.2, 0.25) is 0 Å². The monoisotopic (exact) mass is 517 g/mol. The molecule has 5 rings (SSSR count). The summed E-state index contributed by atoms with van der Waals surface area (Å²) in [5.74, 6) is 1.27. The number of fused-ring (bicyclic) bond motifs is 1. The fourth-order valence-electron chi connectivity index (χ4n) is 4.59. The zero-order valence-electron chi connectivity index (χ0n) is 21.6. The van der Waals surface area contributed by atoms with Crippen molar-refractivity contribution in [2.24, 2.45) is 0 Å². The molecule has 0 aliphatic carbocycles. The van der Waals surface area contributed by atoms with Gasteiger partial charge in [0.2, 0.25) is 0 Å². The molecule has 1 saturated heterocycles. The van der Waals surface area contributed by atoms with Gasteiger partial charge in [0, 0.05) is 43.8 Å². The van der Waals surface area contributed by atoms with Crippen molar-refractivity contribution in [3.05, 3.63) is 77.5 Å². The van der Waals surface area contributed by atoms with E-state index in [-0.39, 0.29) is 18.3 Å². The van der Waals surface area contributed by atoms with Crippen LogP contribution in [0.25, 0.3) is 11.0 Å². The highest BCUT2D eigenvalue weighted by Crippen LogP contribution is 2.31. The third kappa shape index (κ3) is 5.52. The molecule has 1 N–H and O–H groups in total. The molecule has 0 spiro atoms. The molecule has 9 nitrogen and oxygen atoms in total. The van der Waals surface area contributed by atoms with E-state index in [0.717, 1.165) is 42.9 Å². The summed E-state index contributed by atoms with van der Waals surface area (Å²) in [5, 5.41) is 15.7. The highest BCUT2D eigenvalue weighted by molar-refractivity contribution is 5.89. The maximum atomic E-state index is 11.8. The van der Waals surface area contributed by atoms with E-state index >= 15 is 0 Å². The second-order valence-corrected chi connectivity index (χ2v) is 9.06. The highest BCUT2D eigenvalue weighted by atomic mass is 16.5. The first-order valence-electron chi connectivity index (χ1n) is 12.7. The third-order valence-electron chi connectivity index (χ3n) is 6.73. The Morgan fingerprint density at radius 3 is 2.37 bits per heavy atom. The summed E-state index contributed by atoms with van der Waals surface area (Å²) in [6.45, 7) is 6.32. The lowest BCUT2D eigenvalue weighted by Crippen LogP contribution is -2.45. The Morgan fingerprint density at radius 2 is 1.68 bits per heavy atom. The van der Waals surface area contributed by atoms with Crippen molar-refractivity contribution in [2.75, 3.05) is 44.8 Å². The number of benzene rings is 3. The summed E-state index contributed by atoms with van der Waals surface area (Å²) < 4.78 is 21.8. The highest BCUT2D eigenvalue weighted by Gasteiger charge is 2.22. The van der Waals surface area contributed by atoms with Gasteiger partial charge >= 0.3 is 5.97 Å². The second kappa shape index (κ2) is 11.4. The van der Waals surface area contributed by atoms with E-state index in [1.807, 2.05) is 12.1 Å². The molecule has 0 atom stereocenters. The molecule has 38 heavy (non-hydrogen) atoms. The third-order valence-corrected chi connectivity index (χ3v) is 6.73. The van der Waals surface area contributed by atoms with Crippen LogP contribution in [-0.4, -0.2) is 61.0 Å². The fraction of sp³-hybridized carbons (Fsp3) is 0.310. The minimum atomic E-state index is -0.365. The van der Waals surface area contributed by atoms with Gasteiger partial charge in [0.25, 0.3) is 0 Å². The summed E-state index contributed by atoms with van der Waals surface area (Å²) in [6, 6.07) is 18.4. The lowest BCUT2D eigenvalue weighted by atomic mass is 10.1. The van der Waals surface area contributed by atoms with E-state index in [1.165, 1.54) is 5.69 Å². The van der Waals surface area contributed by atoms with Crippen LogP contribution < -0.4 is 14.4 Å². The SMILES string of the molecule is CCOC(=O)c1ccc(OCc2noc3c(CN4CCN(c5ccc(OC)cc5)CC4)c(O)ccc23)cc1. The molecule has 0 amide bonds. The predicted molar refractivity (Wildman–Crippen MR) is 143 cm³/mol. The molecule has 1 aliphatic rings. The van der Waals surface area contributed by atoms with Gasteiger partial charge < -0.3 is 28.7 Å². The maximum Gasteiger partial charge on any atom is 0.338 e. The molecule has 2 heterocycles. The number of hydrogen-bond donors (Lipinski definition) is 1. The van der Waals surface area contributed by atoms with Crippen molar-refractivity contribution in [1.82, 2.24) is 10.1 Å². The van der Waals surface area contributed by atoms with Crippen LogP contribution in [0.4, 0.5) is 5.69 Å². The molecule has 1 fully saturated rings. The van der Waals surface area contributed by atoms with Gasteiger partial charge in [-0.15, -0.1) is 0 Å². The summed E-state index contributed by atoms with van der Waals surface area (Å²) >= 11 is 0. The van der Waals surface area contributed by atoms with Crippen molar-refractivity contribution in [3.8, 4) is 17.2 Å². The molecular weight excluding hydrogens is 486 g/mol. The standard InChI is InChI=1S/C29H31N3O6/c1-3-36-29(34)20-4-8-23(9-5-20)37-19-26-24-12-13-27(33)25(28(24)38-30-26)18-31-14-16-32(17-15-31)21-6-10-22(35-2)11-7-21/h4-13,33H,3,14-19H2,1-2H3. The van der Waals surface area contributed by atoms with Gasteiger partial charge in [-0.3, -0.25) is 4.90 Å². The second-order valence-electron chi connectivity index (χ2n) is 9.06. The average Bonchev–Trinajstić information content (AvgIpc) is 3.37. The first-order chi connectivity index (χ1) is 18.6. The van der Waals surface area contributed by atoms with Gasteiger partial charge in [-0.05, 0) is 67.6 Å². The number of hydrogen-bond acceptors (Lipinski definition) is 9. The smallest absolute Gasteiger partial charge is 0.338 e. The van der Waals surface area contributed by atoms with Crippen LogP contribution in [0.5, 0.6) is 17.2 Å². The molecule has 0 bridgehead atoms. The number of nitrogens with zero attached hydrogens (tertiary/aromatic N) is 3. The quantitative estimate of drug-likeness (QED) is 0.319. The van der Waals surface area contributed by atoms with Gasteiger partial charge in [0.1, 0.15) is 29.5 Å². The van der Waals surface area contributed by atoms with E-state index in [4.69, 9.17) is 18.7 Å². The number of methoxy groups -OCH3 is 1. The largest absolute Gasteiger partial charge is 0.507 e. The van der Waals surface area contributed by atoms with Crippen LogP contribution >= 0.6 is 0 Å². The van der Waals surface area contributed by atoms with Gasteiger partial charge in [0.05, 0.1) is 24.8 Å². The van der Waals surface area contributed by atoms with Crippen LogP contribution in [-0.2, 0) is 17.9 Å². The molecule has 3 aromatic carbocycles. The summed E-state index contributed by atoms with van der Waals surface area (Å²) in [6.07, 6.45) is 0. The number of rotatable bonds is 9. The van der Waals surface area contributed by atoms with Crippen LogP contribution in [0.15, 0.2) is 65.2 Å². The summed E-state index contributed by atoms with van der Waals surface area (Å²) in [5.41, 5.74) is 3.57. The predicted octanol–water partition coefficient (Wildman–Crippen LogP) is 4.62. The maximum absolute atomic E-state index is 11.8. The van der Waals surface area contributed by atoms with Crippen molar-refractivity contribution in [2.45, 2.75) is 20.1 Å². The number of esters is 1. The number of phenolic OH excluding ortho intramolecular Hbond substituents is 1. The van der Waals surface area contributed by atoms with Gasteiger partial charge in [-0.25, -0.2) is 4.79 Å². The van der Waals surface area contributed by atoms with E-state index in [0.29, 0.717) is 35.7 Å². The lowest BCUT2D eigenvalue weighted by molar-refractivity contribution is 0.0526. The van der Waals surface area contributed by atoms with Gasteiger partial charge in [-0.2, -0.15) is 0 Å². The minimum absolute atomic E-state index is 0.188. The van der Waals surface area contributed by atoms with Crippen molar-refractivity contribution in [1.29, 1.82) is 0 Å². The molecule has 0 radical (unpaired) electrons. The minimum Gasteiger partial charge on any atom is -0.507 e. The van der Waals surface area contributed by atoms with Crippen LogP contribution in [0.1, 0.15) is 28.5 Å². The number of aromatic hydroxyl groups is 1. The Labute approximate surface area is 221 Å². The number of anilines is 1. The van der Waals surface area contributed by atoms with Crippen LogP contribution in [0.3, 0.4) is 0 Å². The average molecular weight is 518 g/mol. The molecule has 0 saturated carbocycles. The number of carbonyl (C=O) groups is 1. The van der Waals surface area contributed by atoms with E-state index in [1.54, 1.807) is 50.4 Å². The number of piperazine rings is 1. The van der Waals surface area contributed by atoms with Crippen molar-refractivity contribution < 1.29 is 28.6 Å². The number of ether oxygens (including phenoxy) is 3. The Morgan fingerprint density at radius 1 is 0.974 bits per heavy atom. The lowest BCUT2D eigenvalue weighted by Gasteiger charge is -2.36. The summed E-state index contributed by atoms with van der Waals surface area (Å²) in [7, 11) is 1.67. The molecular formula is C29H31N3O6. The topological polar surface area (TPSA) is 97.5 Å². The van der Waals surface area contributed by atoms with Crippen molar-refractivity contribution >= 4 is 22.6 Å². The number of carbonyl (C=O) groups excluding carboxylic acids is 1. The van der Waals surface area contributed by atoms with E-state index in [2.05, 4.69) is 27.1 Å². The first kappa shape index (κ1) is 25.4. The zero-order valence-corrected chi connectivity index (χ0v) is 21.6. The fourth-order valence-corrected chi connectivity index (χ4v) is 4.59. The molecule has 198 valence electrons. The number of aromatic nitrogens is 1. The summed E-state index contributed by atoms with van der Waals surface area (Å²) in [4.78, 5) is 16.5. The molecule has 4 aromatic rings. The van der Waals surface area contributed by atoms with Crippen LogP contribution in [0, 0.1) is 0 Å². The van der Waals surface area contributed by atoms with E-state index < -0.39 is 0 Å². The Kier molecular flexibility index (Phi) is 7.65.